The minimum Gasteiger partial charge on any atom is -0.383 e. The number of nitrogens with one attached hydrogen (secondary N) is 2. The first-order valence-corrected chi connectivity index (χ1v) is 8.05. The van der Waals surface area contributed by atoms with Crippen LogP contribution in [-0.4, -0.2) is 37.0 Å². The molecule has 0 unspecified atom stereocenters. The molecule has 1 aromatic carbocycles. The SMILES string of the molecule is COCCN1C(=N)N[C@](C)(c2ccc3sccc3c2)CC1=O. The van der Waals surface area contributed by atoms with E-state index in [4.69, 9.17) is 10.1 Å². The van der Waals surface area contributed by atoms with Crippen molar-refractivity contribution in [3.8, 4) is 0 Å². The van der Waals surface area contributed by atoms with Crippen LogP contribution in [0.4, 0.5) is 0 Å². The molecule has 1 fully saturated rings. The lowest BCUT2D eigenvalue weighted by atomic mass is 9.86. The quantitative estimate of drug-likeness (QED) is 0.910. The van der Waals surface area contributed by atoms with Gasteiger partial charge in [0, 0.05) is 11.8 Å². The van der Waals surface area contributed by atoms with Gasteiger partial charge in [0.15, 0.2) is 5.96 Å². The van der Waals surface area contributed by atoms with Gasteiger partial charge in [-0.05, 0) is 41.5 Å². The van der Waals surface area contributed by atoms with E-state index in [-0.39, 0.29) is 11.9 Å². The van der Waals surface area contributed by atoms with E-state index in [1.807, 2.05) is 13.0 Å². The molecule has 1 aliphatic heterocycles. The molecule has 2 aromatic rings. The molecule has 1 aromatic heterocycles. The Kier molecular flexibility index (Phi) is 3.88. The highest BCUT2D eigenvalue weighted by Gasteiger charge is 2.39. The molecule has 3 rings (SSSR count). The van der Waals surface area contributed by atoms with Crippen LogP contribution >= 0.6 is 11.3 Å². The molecule has 0 radical (unpaired) electrons. The Bertz CT molecular complexity index is 707. The summed E-state index contributed by atoms with van der Waals surface area (Å²) < 4.78 is 6.23. The lowest BCUT2D eigenvalue weighted by Gasteiger charge is -2.41. The fraction of sp³-hybridized carbons (Fsp3) is 0.375. The molecular formula is C16H19N3O2S. The second-order valence-corrected chi connectivity index (χ2v) is 6.64. The van der Waals surface area contributed by atoms with Crippen LogP contribution in [0.25, 0.3) is 10.1 Å². The normalized spacial score (nSPS) is 22.2. The average Bonchev–Trinajstić information content (AvgIpc) is 2.93. The Morgan fingerprint density at radius 2 is 2.27 bits per heavy atom. The lowest BCUT2D eigenvalue weighted by Crippen LogP contribution is -2.60. The van der Waals surface area contributed by atoms with Crippen LogP contribution in [0.15, 0.2) is 29.6 Å². The molecular weight excluding hydrogens is 298 g/mol. The third kappa shape index (κ3) is 2.60. The first-order valence-electron chi connectivity index (χ1n) is 7.17. The number of hydrogen-bond acceptors (Lipinski definition) is 4. The van der Waals surface area contributed by atoms with Crippen molar-refractivity contribution in [2.45, 2.75) is 18.9 Å². The summed E-state index contributed by atoms with van der Waals surface area (Å²) >= 11 is 1.70. The Labute approximate surface area is 133 Å². The zero-order chi connectivity index (χ0) is 15.7. The fourth-order valence-electron chi connectivity index (χ4n) is 2.80. The van der Waals surface area contributed by atoms with Crippen molar-refractivity contribution in [1.29, 1.82) is 5.41 Å². The van der Waals surface area contributed by atoms with Crippen molar-refractivity contribution in [2.24, 2.45) is 0 Å². The van der Waals surface area contributed by atoms with Gasteiger partial charge in [0.2, 0.25) is 5.91 Å². The minimum atomic E-state index is -0.548. The second kappa shape index (κ2) is 5.70. The highest BCUT2D eigenvalue weighted by molar-refractivity contribution is 7.17. The van der Waals surface area contributed by atoms with Crippen LogP contribution in [0.1, 0.15) is 18.9 Å². The summed E-state index contributed by atoms with van der Waals surface area (Å²) in [7, 11) is 1.59. The Hall–Kier alpha value is -1.92. The van der Waals surface area contributed by atoms with Gasteiger partial charge in [0.1, 0.15) is 0 Å². The Morgan fingerprint density at radius 3 is 3.00 bits per heavy atom. The fourth-order valence-corrected chi connectivity index (χ4v) is 3.57. The molecule has 1 amide bonds. The number of amides is 1. The molecule has 0 bridgehead atoms. The zero-order valence-electron chi connectivity index (χ0n) is 12.7. The predicted molar refractivity (Wildman–Crippen MR) is 88.2 cm³/mol. The van der Waals surface area contributed by atoms with Gasteiger partial charge in [-0.3, -0.25) is 15.1 Å². The maximum absolute atomic E-state index is 12.4. The number of hydrogen-bond donors (Lipinski definition) is 2. The van der Waals surface area contributed by atoms with E-state index >= 15 is 0 Å². The first kappa shape index (κ1) is 15.0. The largest absolute Gasteiger partial charge is 0.383 e. The van der Waals surface area contributed by atoms with Crippen LogP contribution < -0.4 is 5.32 Å². The van der Waals surface area contributed by atoms with E-state index in [0.717, 1.165) is 5.56 Å². The molecule has 1 aliphatic rings. The standard InChI is InChI=1S/C16H19N3O2S/c1-16(12-3-4-13-11(9-12)5-8-22-13)10-14(20)19(6-7-21-2)15(17)18-16/h3-5,8-9H,6-7,10H2,1-2H3,(H2,17,18)/t16-/m0/s1. The van der Waals surface area contributed by atoms with E-state index in [2.05, 4.69) is 28.9 Å². The molecule has 116 valence electrons. The van der Waals surface area contributed by atoms with E-state index in [9.17, 15) is 4.79 Å². The number of carbonyl (C=O) groups excluding carboxylic acids is 1. The van der Waals surface area contributed by atoms with E-state index in [1.54, 1.807) is 18.4 Å². The van der Waals surface area contributed by atoms with Gasteiger partial charge in [-0.15, -0.1) is 11.3 Å². The van der Waals surface area contributed by atoms with Crippen LogP contribution in [0.5, 0.6) is 0 Å². The molecule has 6 heteroatoms. The predicted octanol–water partition coefficient (Wildman–Crippen LogP) is 2.52. The van der Waals surface area contributed by atoms with Crippen LogP contribution in [-0.2, 0) is 15.1 Å². The summed E-state index contributed by atoms with van der Waals surface area (Å²) in [5, 5.41) is 14.6. The van der Waals surface area contributed by atoms with Crippen LogP contribution in [0, 0.1) is 5.41 Å². The number of methoxy groups -OCH3 is 1. The molecule has 2 N–H and O–H groups in total. The summed E-state index contributed by atoms with van der Waals surface area (Å²) in [6.45, 7) is 2.80. The maximum atomic E-state index is 12.4. The van der Waals surface area contributed by atoms with E-state index in [1.165, 1.54) is 15.0 Å². The van der Waals surface area contributed by atoms with Crippen molar-refractivity contribution in [3.63, 3.8) is 0 Å². The van der Waals surface area contributed by atoms with Gasteiger partial charge in [0.05, 0.1) is 25.1 Å². The highest BCUT2D eigenvalue weighted by atomic mass is 32.1. The number of ether oxygens (including phenoxy) is 1. The molecule has 2 heterocycles. The third-order valence-electron chi connectivity index (χ3n) is 4.08. The molecule has 22 heavy (non-hydrogen) atoms. The minimum absolute atomic E-state index is 0.0475. The Balaban J connectivity index is 1.87. The number of guanidine groups is 1. The summed E-state index contributed by atoms with van der Waals surface area (Å²) in [5.74, 6) is 0.0925. The maximum Gasteiger partial charge on any atom is 0.232 e. The van der Waals surface area contributed by atoms with Crippen molar-refractivity contribution in [1.82, 2.24) is 10.2 Å². The van der Waals surface area contributed by atoms with Gasteiger partial charge in [-0.25, -0.2) is 0 Å². The van der Waals surface area contributed by atoms with Gasteiger partial charge >= 0.3 is 0 Å². The number of carbonyl (C=O) groups is 1. The van der Waals surface area contributed by atoms with E-state index < -0.39 is 5.54 Å². The lowest BCUT2D eigenvalue weighted by molar-refractivity contribution is -0.131. The summed E-state index contributed by atoms with van der Waals surface area (Å²) in [5.41, 5.74) is 0.483. The second-order valence-electron chi connectivity index (χ2n) is 5.69. The van der Waals surface area contributed by atoms with Gasteiger partial charge < -0.3 is 10.1 Å². The number of benzene rings is 1. The number of rotatable bonds is 4. The highest BCUT2D eigenvalue weighted by Crippen LogP contribution is 2.32. The summed E-state index contributed by atoms with van der Waals surface area (Å²) in [6, 6.07) is 8.29. The van der Waals surface area contributed by atoms with Crippen molar-refractivity contribution in [3.05, 3.63) is 35.2 Å². The molecule has 5 nitrogen and oxygen atoms in total. The smallest absolute Gasteiger partial charge is 0.232 e. The van der Waals surface area contributed by atoms with Crippen molar-refractivity contribution < 1.29 is 9.53 Å². The third-order valence-corrected chi connectivity index (χ3v) is 4.98. The van der Waals surface area contributed by atoms with Gasteiger partial charge in [-0.1, -0.05) is 6.07 Å². The molecule has 0 saturated carbocycles. The molecule has 1 saturated heterocycles. The number of fused-ring (bicyclic) bond motifs is 1. The van der Waals surface area contributed by atoms with Crippen molar-refractivity contribution >= 4 is 33.3 Å². The van der Waals surface area contributed by atoms with Crippen LogP contribution in [0.3, 0.4) is 0 Å². The number of thiophene rings is 1. The van der Waals surface area contributed by atoms with E-state index in [0.29, 0.717) is 19.6 Å². The zero-order valence-corrected chi connectivity index (χ0v) is 13.5. The summed E-state index contributed by atoms with van der Waals surface area (Å²) in [6.07, 6.45) is 0.328. The summed E-state index contributed by atoms with van der Waals surface area (Å²) in [4.78, 5) is 13.8. The van der Waals surface area contributed by atoms with Crippen molar-refractivity contribution in [2.75, 3.05) is 20.3 Å². The average molecular weight is 317 g/mol. The first-order chi connectivity index (χ1) is 10.5. The number of nitrogens with zero attached hydrogens (tertiary/aromatic N) is 1. The Morgan fingerprint density at radius 1 is 1.45 bits per heavy atom. The molecule has 1 atom stereocenters. The monoisotopic (exact) mass is 317 g/mol. The topological polar surface area (TPSA) is 65.4 Å². The van der Waals surface area contributed by atoms with Gasteiger partial charge in [0.25, 0.3) is 0 Å². The molecule has 0 aliphatic carbocycles. The molecule has 0 spiro atoms. The van der Waals surface area contributed by atoms with Crippen LogP contribution in [0.2, 0.25) is 0 Å². The van der Waals surface area contributed by atoms with Gasteiger partial charge in [-0.2, -0.15) is 0 Å².